The Morgan fingerprint density at radius 3 is 1.90 bits per heavy atom. The van der Waals surface area contributed by atoms with Crippen LogP contribution in [0.5, 0.6) is 0 Å². The fourth-order valence-electron chi connectivity index (χ4n) is 2.51. The first-order chi connectivity index (χ1) is 15.3. The first-order valence-corrected chi connectivity index (χ1v) is 11.2. The second-order valence-electron chi connectivity index (χ2n) is 5.74. The molecular formula is C26H29N3OS. The Balaban J connectivity index is 0.00000113. The number of nitrogens with one attached hydrogen (secondary N) is 1. The van der Waals surface area contributed by atoms with Crippen molar-refractivity contribution in [1.82, 2.24) is 4.72 Å². The zero-order valence-corrected chi connectivity index (χ0v) is 19.3. The second-order valence-corrected chi connectivity index (χ2v) is 6.62. The van der Waals surface area contributed by atoms with Gasteiger partial charge in [-0.1, -0.05) is 100 Å². The molecule has 0 amide bonds. The van der Waals surface area contributed by atoms with Gasteiger partial charge in [0, 0.05) is 4.90 Å². The molecule has 0 heterocycles. The van der Waals surface area contributed by atoms with E-state index in [4.69, 9.17) is 0 Å². The molecule has 0 aromatic heterocycles. The van der Waals surface area contributed by atoms with Crippen molar-refractivity contribution in [2.24, 2.45) is 5.18 Å². The van der Waals surface area contributed by atoms with E-state index in [1.54, 1.807) is 6.08 Å². The van der Waals surface area contributed by atoms with Gasteiger partial charge >= 0.3 is 0 Å². The molecule has 0 saturated carbocycles. The molecule has 0 aliphatic carbocycles. The van der Waals surface area contributed by atoms with Crippen molar-refractivity contribution in [2.75, 3.05) is 0 Å². The summed E-state index contributed by atoms with van der Waals surface area (Å²) in [6, 6.07) is 28.6. The van der Waals surface area contributed by atoms with Crippen LogP contribution in [-0.2, 0) is 0 Å². The molecule has 4 nitrogen and oxygen atoms in total. The standard InChI is InChI=1S/C22H17N3OS.2C2H6/c23-16-22(24-26)21(15-17-7-3-1-4-8-17)25-27-20-13-11-19(12-14-20)18-9-5-2-6-10-18;2*1-2/h1-15,22,25H;2*1-2H3/b21-15+;;. The molecule has 0 spiro atoms. The highest BCUT2D eigenvalue weighted by molar-refractivity contribution is 7.97. The van der Waals surface area contributed by atoms with E-state index in [0.29, 0.717) is 5.70 Å². The summed E-state index contributed by atoms with van der Waals surface area (Å²) in [6.07, 6.45) is 1.76. The van der Waals surface area contributed by atoms with E-state index in [9.17, 15) is 10.2 Å². The van der Waals surface area contributed by atoms with Crippen LogP contribution in [0.2, 0.25) is 0 Å². The molecule has 3 aromatic carbocycles. The molecule has 0 aliphatic heterocycles. The highest BCUT2D eigenvalue weighted by Crippen LogP contribution is 2.24. The molecule has 160 valence electrons. The fraction of sp³-hybridized carbons (Fsp3) is 0.192. The Bertz CT molecular complexity index is 949. The van der Waals surface area contributed by atoms with Crippen molar-refractivity contribution in [3.05, 3.63) is 101 Å². The molecule has 0 fully saturated rings. The van der Waals surface area contributed by atoms with Crippen LogP contribution in [0, 0.1) is 16.2 Å². The first-order valence-electron chi connectivity index (χ1n) is 10.4. The highest BCUT2D eigenvalue weighted by atomic mass is 32.2. The third-order valence-corrected chi connectivity index (χ3v) is 4.74. The number of benzene rings is 3. The first kappa shape index (κ1) is 25.7. The predicted molar refractivity (Wildman–Crippen MR) is 133 cm³/mol. The van der Waals surface area contributed by atoms with Crippen molar-refractivity contribution >= 4 is 18.0 Å². The lowest BCUT2D eigenvalue weighted by Gasteiger charge is -2.11. The van der Waals surface area contributed by atoms with Gasteiger partial charge in [0.1, 0.15) is 0 Å². The lowest BCUT2D eigenvalue weighted by molar-refractivity contribution is 0.915. The van der Waals surface area contributed by atoms with E-state index < -0.39 is 6.04 Å². The zero-order chi connectivity index (χ0) is 22.9. The van der Waals surface area contributed by atoms with Crippen LogP contribution < -0.4 is 4.72 Å². The summed E-state index contributed by atoms with van der Waals surface area (Å²) in [5.41, 5.74) is 3.63. The number of hydrogen-bond donors (Lipinski definition) is 1. The minimum absolute atomic E-state index is 0.454. The average molecular weight is 432 g/mol. The highest BCUT2D eigenvalue weighted by Gasteiger charge is 2.14. The van der Waals surface area contributed by atoms with Crippen molar-refractivity contribution in [3.63, 3.8) is 0 Å². The normalized spacial score (nSPS) is 10.9. The third kappa shape index (κ3) is 8.49. The number of nitroso groups, excluding NO2 is 1. The second kappa shape index (κ2) is 15.5. The summed E-state index contributed by atoms with van der Waals surface area (Å²) >= 11 is 1.34. The Kier molecular flexibility index (Phi) is 12.8. The molecule has 0 bridgehead atoms. The summed E-state index contributed by atoms with van der Waals surface area (Å²) in [4.78, 5) is 12.0. The van der Waals surface area contributed by atoms with Gasteiger partial charge in [0.15, 0.2) is 0 Å². The lowest BCUT2D eigenvalue weighted by atomic mass is 10.1. The summed E-state index contributed by atoms with van der Waals surface area (Å²) in [5, 5.41) is 12.1. The van der Waals surface area contributed by atoms with Gasteiger partial charge in [0.25, 0.3) is 0 Å². The fourth-order valence-corrected chi connectivity index (χ4v) is 3.19. The topological polar surface area (TPSA) is 65.2 Å². The smallest absolute Gasteiger partial charge is 0.218 e. The molecule has 1 unspecified atom stereocenters. The van der Waals surface area contributed by atoms with Gasteiger partial charge in [-0.25, -0.2) is 0 Å². The van der Waals surface area contributed by atoms with E-state index in [0.717, 1.165) is 21.6 Å². The van der Waals surface area contributed by atoms with Crippen LogP contribution in [-0.4, -0.2) is 6.04 Å². The summed E-state index contributed by atoms with van der Waals surface area (Å²) in [6.45, 7) is 8.00. The van der Waals surface area contributed by atoms with E-state index >= 15 is 0 Å². The monoisotopic (exact) mass is 431 g/mol. The van der Waals surface area contributed by atoms with Crippen LogP contribution >= 0.6 is 11.9 Å². The molecule has 5 heteroatoms. The van der Waals surface area contributed by atoms with E-state index in [1.807, 2.05) is 107 Å². The van der Waals surface area contributed by atoms with Crippen LogP contribution in [0.25, 0.3) is 17.2 Å². The number of rotatable bonds is 7. The molecular weight excluding hydrogens is 402 g/mol. The largest absolute Gasteiger partial charge is 0.326 e. The van der Waals surface area contributed by atoms with Crippen molar-refractivity contribution in [2.45, 2.75) is 38.6 Å². The van der Waals surface area contributed by atoms with E-state index in [1.165, 1.54) is 11.9 Å². The van der Waals surface area contributed by atoms with Gasteiger partial charge in [-0.15, -0.1) is 4.91 Å². The molecule has 0 radical (unpaired) electrons. The summed E-state index contributed by atoms with van der Waals surface area (Å²) in [7, 11) is 0. The molecule has 0 saturated heterocycles. The van der Waals surface area contributed by atoms with Crippen LogP contribution in [0.4, 0.5) is 0 Å². The van der Waals surface area contributed by atoms with Gasteiger partial charge in [-0.05, 0) is 52.0 Å². The van der Waals surface area contributed by atoms with Crippen molar-refractivity contribution in [3.8, 4) is 17.2 Å². The lowest BCUT2D eigenvalue weighted by Crippen LogP contribution is -2.15. The molecule has 3 aromatic rings. The summed E-state index contributed by atoms with van der Waals surface area (Å²) in [5.74, 6) is 0. The Hall–Kier alpha value is -3.36. The average Bonchev–Trinajstić information content (AvgIpc) is 2.87. The Morgan fingerprint density at radius 1 is 0.871 bits per heavy atom. The SMILES string of the molecule is CC.CC.N#CC(N=O)/C(=C\c1ccccc1)NSc1ccc(-c2ccccc2)cc1. The minimum atomic E-state index is -1.08. The predicted octanol–water partition coefficient (Wildman–Crippen LogP) is 7.70. The van der Waals surface area contributed by atoms with Gasteiger partial charge in [0.2, 0.25) is 6.04 Å². The maximum atomic E-state index is 11.0. The number of nitrogens with zero attached hydrogens (tertiary/aromatic N) is 2. The van der Waals surface area contributed by atoms with Gasteiger partial charge in [-0.2, -0.15) is 5.26 Å². The maximum absolute atomic E-state index is 11.0. The summed E-state index contributed by atoms with van der Waals surface area (Å²) < 4.78 is 3.11. The minimum Gasteiger partial charge on any atom is -0.326 e. The van der Waals surface area contributed by atoms with Gasteiger partial charge in [-0.3, -0.25) is 0 Å². The van der Waals surface area contributed by atoms with E-state index in [2.05, 4.69) is 22.0 Å². The van der Waals surface area contributed by atoms with Crippen molar-refractivity contribution in [1.29, 1.82) is 5.26 Å². The molecule has 3 rings (SSSR count). The van der Waals surface area contributed by atoms with E-state index in [-0.39, 0.29) is 0 Å². The van der Waals surface area contributed by atoms with Crippen molar-refractivity contribution < 1.29 is 0 Å². The maximum Gasteiger partial charge on any atom is 0.218 e. The quantitative estimate of drug-likeness (QED) is 0.307. The Morgan fingerprint density at radius 2 is 1.39 bits per heavy atom. The number of hydrogen-bond acceptors (Lipinski definition) is 5. The number of nitriles is 1. The molecule has 31 heavy (non-hydrogen) atoms. The van der Waals surface area contributed by atoms with Crippen LogP contribution in [0.3, 0.4) is 0 Å². The third-order valence-electron chi connectivity index (χ3n) is 3.89. The van der Waals surface area contributed by atoms with Gasteiger partial charge in [0.05, 0.1) is 11.8 Å². The molecule has 1 atom stereocenters. The van der Waals surface area contributed by atoms with Gasteiger partial charge < -0.3 is 4.72 Å². The molecule has 1 N–H and O–H groups in total. The van der Waals surface area contributed by atoms with Crippen LogP contribution in [0.1, 0.15) is 33.3 Å². The van der Waals surface area contributed by atoms with Crippen LogP contribution in [0.15, 0.2) is 101 Å². The zero-order valence-electron chi connectivity index (χ0n) is 18.4. The molecule has 0 aliphatic rings. The Labute approximate surface area is 190 Å².